The molecule has 1 aromatic carbocycles. The average molecular weight is 266 g/mol. The summed E-state index contributed by atoms with van der Waals surface area (Å²) in [6, 6.07) is 1.42. The van der Waals surface area contributed by atoms with E-state index in [-0.39, 0.29) is 41.8 Å². The topological polar surface area (TPSA) is 67.9 Å². The number of nitrogens with zero attached hydrogens (tertiary/aromatic N) is 1. The van der Waals surface area contributed by atoms with Crippen molar-refractivity contribution in [3.63, 3.8) is 0 Å². The number of anilines is 1. The van der Waals surface area contributed by atoms with Crippen molar-refractivity contribution in [2.24, 2.45) is 0 Å². The Labute approximate surface area is 108 Å². The van der Waals surface area contributed by atoms with Gasteiger partial charge in [-0.3, -0.25) is 9.59 Å². The first kappa shape index (κ1) is 11.8. The first-order valence-corrected chi connectivity index (χ1v) is 5.75. The van der Waals surface area contributed by atoms with E-state index in [1.165, 1.54) is 13.1 Å². The van der Waals surface area contributed by atoms with Crippen molar-refractivity contribution in [1.82, 2.24) is 4.90 Å². The highest BCUT2D eigenvalue weighted by molar-refractivity contribution is 6.09. The first-order chi connectivity index (χ1) is 9.08. The lowest BCUT2D eigenvalue weighted by Crippen LogP contribution is -2.31. The van der Waals surface area contributed by atoms with Crippen LogP contribution >= 0.6 is 0 Å². The van der Waals surface area contributed by atoms with Gasteiger partial charge in [0.25, 0.3) is 5.91 Å². The summed E-state index contributed by atoms with van der Waals surface area (Å²) in [5.41, 5.74) is -0.0845. The largest absolute Gasteiger partial charge is 0.486 e. The summed E-state index contributed by atoms with van der Waals surface area (Å²) in [4.78, 5) is 24.8. The van der Waals surface area contributed by atoms with Crippen molar-refractivity contribution in [3.8, 4) is 11.5 Å². The van der Waals surface area contributed by atoms with Gasteiger partial charge in [-0.1, -0.05) is 0 Å². The Morgan fingerprint density at radius 3 is 2.84 bits per heavy atom. The van der Waals surface area contributed by atoms with Gasteiger partial charge in [-0.05, 0) is 0 Å². The zero-order valence-electron chi connectivity index (χ0n) is 10.2. The number of fused-ring (bicyclic) bond motifs is 2. The summed E-state index contributed by atoms with van der Waals surface area (Å²) in [7, 11) is 1.44. The number of benzene rings is 1. The van der Waals surface area contributed by atoms with Gasteiger partial charge in [0.15, 0.2) is 17.3 Å². The Balaban J connectivity index is 2.21. The number of hydrogen-bond donors (Lipinski definition) is 1. The van der Waals surface area contributed by atoms with Crippen molar-refractivity contribution in [1.29, 1.82) is 0 Å². The Kier molecular flexibility index (Phi) is 2.55. The summed E-state index contributed by atoms with van der Waals surface area (Å²) in [6.07, 6.45) is 0. The van der Waals surface area contributed by atoms with Crippen LogP contribution in [-0.4, -0.2) is 43.5 Å². The third-order valence-corrected chi connectivity index (χ3v) is 2.99. The second-order valence-electron chi connectivity index (χ2n) is 4.35. The van der Waals surface area contributed by atoms with E-state index < -0.39 is 11.7 Å². The Morgan fingerprint density at radius 2 is 2.05 bits per heavy atom. The predicted octanol–water partition coefficient (Wildman–Crippen LogP) is 0.621. The van der Waals surface area contributed by atoms with Crippen LogP contribution in [0.4, 0.5) is 10.1 Å². The van der Waals surface area contributed by atoms with Gasteiger partial charge in [0.05, 0.1) is 12.2 Å². The van der Waals surface area contributed by atoms with Crippen molar-refractivity contribution >= 4 is 17.5 Å². The maximum absolute atomic E-state index is 14.4. The maximum atomic E-state index is 14.4. The molecule has 0 saturated heterocycles. The van der Waals surface area contributed by atoms with Gasteiger partial charge in [-0.15, -0.1) is 0 Å². The van der Waals surface area contributed by atoms with E-state index in [9.17, 15) is 14.0 Å². The lowest BCUT2D eigenvalue weighted by Gasteiger charge is -2.21. The minimum Gasteiger partial charge on any atom is -0.486 e. The van der Waals surface area contributed by atoms with E-state index in [1.807, 2.05) is 0 Å². The number of amides is 2. The molecular weight excluding hydrogens is 255 g/mol. The highest BCUT2D eigenvalue weighted by atomic mass is 19.1. The maximum Gasteiger partial charge on any atom is 0.259 e. The van der Waals surface area contributed by atoms with Gasteiger partial charge in [0.2, 0.25) is 5.91 Å². The molecule has 2 aliphatic heterocycles. The van der Waals surface area contributed by atoms with Crippen molar-refractivity contribution in [2.75, 3.05) is 32.1 Å². The Morgan fingerprint density at radius 1 is 1.32 bits per heavy atom. The van der Waals surface area contributed by atoms with Gasteiger partial charge in [0, 0.05) is 13.1 Å². The third kappa shape index (κ3) is 1.78. The van der Waals surface area contributed by atoms with Gasteiger partial charge in [0.1, 0.15) is 18.8 Å². The molecule has 19 heavy (non-hydrogen) atoms. The molecule has 2 heterocycles. The molecule has 0 spiro atoms. The first-order valence-electron chi connectivity index (χ1n) is 5.75. The molecule has 0 aromatic heterocycles. The minimum atomic E-state index is -0.800. The minimum absolute atomic E-state index is 0.0806. The van der Waals surface area contributed by atoms with Crippen LogP contribution in [0.25, 0.3) is 0 Å². The molecule has 0 saturated carbocycles. The number of nitrogens with one attached hydrogen (secondary N) is 1. The molecule has 6 nitrogen and oxygen atoms in total. The van der Waals surface area contributed by atoms with E-state index in [0.717, 1.165) is 4.90 Å². The van der Waals surface area contributed by atoms with Crippen LogP contribution in [0.3, 0.4) is 0 Å². The van der Waals surface area contributed by atoms with Crippen LogP contribution in [-0.2, 0) is 4.79 Å². The molecule has 1 N–H and O–H groups in total. The van der Waals surface area contributed by atoms with E-state index in [1.54, 1.807) is 0 Å². The zero-order chi connectivity index (χ0) is 13.6. The van der Waals surface area contributed by atoms with Crippen LogP contribution < -0.4 is 14.8 Å². The second kappa shape index (κ2) is 4.11. The molecule has 2 aliphatic rings. The van der Waals surface area contributed by atoms with Crippen LogP contribution in [0.15, 0.2) is 6.07 Å². The quantitative estimate of drug-likeness (QED) is 0.747. The summed E-state index contributed by atoms with van der Waals surface area (Å²) in [5.74, 6) is -1.64. The molecule has 0 unspecified atom stereocenters. The lowest BCUT2D eigenvalue weighted by molar-refractivity contribution is -0.116. The van der Waals surface area contributed by atoms with E-state index in [4.69, 9.17) is 9.47 Å². The van der Waals surface area contributed by atoms with Crippen LogP contribution in [0.1, 0.15) is 10.4 Å². The molecule has 0 atom stereocenters. The van der Waals surface area contributed by atoms with Gasteiger partial charge >= 0.3 is 0 Å². The fourth-order valence-corrected chi connectivity index (χ4v) is 2.12. The lowest BCUT2D eigenvalue weighted by atomic mass is 10.1. The second-order valence-corrected chi connectivity index (χ2v) is 4.35. The van der Waals surface area contributed by atoms with Crippen LogP contribution in [0, 0.1) is 5.82 Å². The fraction of sp³-hybridized carbons (Fsp3) is 0.333. The number of halogens is 1. The molecule has 2 amide bonds. The number of likely N-dealkylation sites (N-methyl/N-ethyl adjacent to an activating group) is 1. The fourth-order valence-electron chi connectivity index (χ4n) is 2.12. The smallest absolute Gasteiger partial charge is 0.259 e. The highest BCUT2D eigenvalue weighted by Crippen LogP contribution is 2.40. The van der Waals surface area contributed by atoms with Crippen molar-refractivity contribution < 1.29 is 23.5 Å². The summed E-state index contributed by atoms with van der Waals surface area (Å²) >= 11 is 0. The summed E-state index contributed by atoms with van der Waals surface area (Å²) in [6.45, 7) is 0.394. The molecule has 1 aromatic rings. The van der Waals surface area contributed by atoms with E-state index in [2.05, 4.69) is 5.32 Å². The zero-order valence-corrected chi connectivity index (χ0v) is 10.2. The molecule has 0 fully saturated rings. The number of hydrogen-bond acceptors (Lipinski definition) is 4. The van der Waals surface area contributed by atoms with Crippen LogP contribution in [0.2, 0.25) is 0 Å². The Hall–Kier alpha value is -2.31. The SMILES string of the molecule is CN1CC(=O)Nc2cc3c(c(F)c2C1=O)OCCO3. The molecule has 0 bridgehead atoms. The van der Waals surface area contributed by atoms with Gasteiger partial charge < -0.3 is 19.7 Å². The monoisotopic (exact) mass is 266 g/mol. The Bertz CT molecular complexity index is 588. The van der Waals surface area contributed by atoms with Crippen molar-refractivity contribution in [3.05, 3.63) is 17.4 Å². The highest BCUT2D eigenvalue weighted by Gasteiger charge is 2.32. The molecule has 0 radical (unpaired) electrons. The van der Waals surface area contributed by atoms with Crippen LogP contribution in [0.5, 0.6) is 11.5 Å². The summed E-state index contributed by atoms with van der Waals surface area (Å²) < 4.78 is 24.8. The summed E-state index contributed by atoms with van der Waals surface area (Å²) in [5, 5.41) is 2.50. The molecule has 7 heteroatoms. The number of carbonyl (C=O) groups is 2. The molecular formula is C12H11FN2O4. The normalized spacial score (nSPS) is 17.7. The molecule has 100 valence electrons. The predicted molar refractivity (Wildman–Crippen MR) is 63.0 cm³/mol. The van der Waals surface area contributed by atoms with E-state index in [0.29, 0.717) is 6.61 Å². The number of rotatable bonds is 0. The number of carbonyl (C=O) groups excluding carboxylic acids is 2. The average Bonchev–Trinajstić information content (AvgIpc) is 2.47. The van der Waals surface area contributed by atoms with Gasteiger partial charge in [-0.2, -0.15) is 0 Å². The molecule has 3 rings (SSSR count). The van der Waals surface area contributed by atoms with E-state index >= 15 is 0 Å². The third-order valence-electron chi connectivity index (χ3n) is 2.99. The standard InChI is InChI=1S/C12H11FN2O4/c1-15-5-8(16)14-6-4-7-11(19-3-2-18-7)10(13)9(6)12(15)17/h4H,2-3,5H2,1H3,(H,14,16). The van der Waals surface area contributed by atoms with Crippen molar-refractivity contribution in [2.45, 2.75) is 0 Å². The molecule has 0 aliphatic carbocycles. The van der Waals surface area contributed by atoms with Gasteiger partial charge in [-0.25, -0.2) is 4.39 Å². The number of ether oxygens (including phenoxy) is 2.